The minimum absolute atomic E-state index is 0.235. The second-order valence-corrected chi connectivity index (χ2v) is 7.94. The molecular formula is C19H32O3S. The molecule has 0 radical (unpaired) electrons. The Bertz CT molecular complexity index is 520. The average molecular weight is 341 g/mol. The van der Waals surface area contributed by atoms with E-state index in [-0.39, 0.29) is 4.90 Å². The third-order valence-electron chi connectivity index (χ3n) is 4.40. The van der Waals surface area contributed by atoms with Gasteiger partial charge in [-0.15, -0.1) is 0 Å². The molecule has 0 amide bonds. The van der Waals surface area contributed by atoms with Crippen molar-refractivity contribution in [2.45, 2.75) is 82.4 Å². The molecule has 1 unspecified atom stereocenters. The Morgan fingerprint density at radius 1 is 0.870 bits per heavy atom. The predicted molar refractivity (Wildman–Crippen MR) is 96.3 cm³/mol. The van der Waals surface area contributed by atoms with Gasteiger partial charge < -0.3 is 0 Å². The number of hydrogen-bond donors (Lipinski definition) is 0. The topological polar surface area (TPSA) is 43.4 Å². The van der Waals surface area contributed by atoms with Gasteiger partial charge in [0.15, 0.2) is 0 Å². The van der Waals surface area contributed by atoms with Crippen LogP contribution in [0.5, 0.6) is 0 Å². The molecule has 0 aliphatic carbocycles. The third kappa shape index (κ3) is 7.05. The van der Waals surface area contributed by atoms with Crippen molar-refractivity contribution in [2.75, 3.05) is 7.11 Å². The quantitative estimate of drug-likeness (QED) is 0.364. The molecule has 0 fully saturated rings. The fourth-order valence-electron chi connectivity index (χ4n) is 3.00. The van der Waals surface area contributed by atoms with Gasteiger partial charge in [-0.05, 0) is 36.5 Å². The van der Waals surface area contributed by atoms with Crippen molar-refractivity contribution in [1.82, 2.24) is 0 Å². The minimum Gasteiger partial charge on any atom is -0.270 e. The number of benzene rings is 1. The van der Waals surface area contributed by atoms with Crippen LogP contribution in [0.1, 0.15) is 83.1 Å². The molecule has 0 saturated heterocycles. The summed E-state index contributed by atoms with van der Waals surface area (Å²) in [5, 5.41) is 0. The van der Waals surface area contributed by atoms with Crippen LogP contribution in [-0.4, -0.2) is 15.5 Å². The molecule has 0 heterocycles. The summed E-state index contributed by atoms with van der Waals surface area (Å²) in [6.07, 6.45) is 11.4. The first-order valence-electron chi connectivity index (χ1n) is 8.95. The van der Waals surface area contributed by atoms with Crippen LogP contribution in [0.25, 0.3) is 0 Å². The van der Waals surface area contributed by atoms with E-state index in [0.717, 1.165) is 12.8 Å². The highest BCUT2D eigenvalue weighted by molar-refractivity contribution is 7.86. The fourth-order valence-corrected chi connectivity index (χ4v) is 3.66. The Morgan fingerprint density at radius 2 is 1.48 bits per heavy atom. The molecule has 1 atom stereocenters. The van der Waals surface area contributed by atoms with Crippen molar-refractivity contribution in [2.24, 2.45) is 0 Å². The average Bonchev–Trinajstić information content (AvgIpc) is 2.57. The van der Waals surface area contributed by atoms with Crippen molar-refractivity contribution < 1.29 is 12.6 Å². The van der Waals surface area contributed by atoms with E-state index >= 15 is 0 Å². The second kappa shape index (κ2) is 10.8. The highest BCUT2D eigenvalue weighted by Gasteiger charge is 2.15. The van der Waals surface area contributed by atoms with E-state index in [2.05, 4.69) is 18.0 Å². The van der Waals surface area contributed by atoms with E-state index in [1.165, 1.54) is 57.6 Å². The zero-order chi connectivity index (χ0) is 17.1. The Balaban J connectivity index is 2.59. The Hall–Kier alpha value is -0.870. The van der Waals surface area contributed by atoms with Crippen LogP contribution in [0.15, 0.2) is 29.2 Å². The first-order valence-corrected chi connectivity index (χ1v) is 10.4. The molecule has 0 bridgehead atoms. The molecule has 0 spiro atoms. The standard InChI is InChI=1S/C19H32O3S/c1-4-6-7-8-9-10-12-17(11-5-2)18-13-15-19(16-14-18)23(20,21)22-3/h13-17H,4-12H2,1-3H3. The van der Waals surface area contributed by atoms with Crippen LogP contribution < -0.4 is 0 Å². The van der Waals surface area contributed by atoms with E-state index in [1.807, 2.05) is 12.1 Å². The van der Waals surface area contributed by atoms with Crippen molar-refractivity contribution >= 4 is 10.1 Å². The van der Waals surface area contributed by atoms with Gasteiger partial charge in [-0.2, -0.15) is 8.42 Å². The van der Waals surface area contributed by atoms with Crippen molar-refractivity contribution in [3.05, 3.63) is 29.8 Å². The lowest BCUT2D eigenvalue weighted by Crippen LogP contribution is -2.04. The van der Waals surface area contributed by atoms with Gasteiger partial charge in [0.05, 0.1) is 12.0 Å². The Morgan fingerprint density at radius 3 is 2.04 bits per heavy atom. The summed E-state index contributed by atoms with van der Waals surface area (Å²) in [6.45, 7) is 4.45. The second-order valence-electron chi connectivity index (χ2n) is 6.23. The maximum absolute atomic E-state index is 11.7. The maximum Gasteiger partial charge on any atom is 0.296 e. The molecule has 1 rings (SSSR count). The summed E-state index contributed by atoms with van der Waals surface area (Å²) in [4.78, 5) is 0.235. The Labute approximate surface area is 142 Å². The third-order valence-corrected chi connectivity index (χ3v) is 5.69. The summed E-state index contributed by atoms with van der Waals surface area (Å²) >= 11 is 0. The summed E-state index contributed by atoms with van der Waals surface area (Å²) in [5.41, 5.74) is 1.25. The number of unbranched alkanes of at least 4 members (excludes halogenated alkanes) is 5. The molecule has 23 heavy (non-hydrogen) atoms. The van der Waals surface area contributed by atoms with Gasteiger partial charge in [0.1, 0.15) is 0 Å². The van der Waals surface area contributed by atoms with Crippen LogP contribution in [0.2, 0.25) is 0 Å². The maximum atomic E-state index is 11.7. The molecule has 0 aromatic heterocycles. The highest BCUT2D eigenvalue weighted by atomic mass is 32.2. The summed E-state index contributed by atoms with van der Waals surface area (Å²) < 4.78 is 27.9. The number of hydrogen-bond acceptors (Lipinski definition) is 3. The van der Waals surface area contributed by atoms with Crippen LogP contribution in [0.4, 0.5) is 0 Å². The molecule has 132 valence electrons. The fraction of sp³-hybridized carbons (Fsp3) is 0.684. The van der Waals surface area contributed by atoms with Crippen molar-refractivity contribution in [1.29, 1.82) is 0 Å². The van der Waals surface area contributed by atoms with Gasteiger partial charge in [0, 0.05) is 0 Å². The molecular weight excluding hydrogens is 308 g/mol. The molecule has 0 saturated carbocycles. The van der Waals surface area contributed by atoms with Crippen molar-refractivity contribution in [3.63, 3.8) is 0 Å². The molecule has 0 N–H and O–H groups in total. The van der Waals surface area contributed by atoms with E-state index < -0.39 is 10.1 Å². The normalized spacial score (nSPS) is 13.2. The first kappa shape index (κ1) is 20.2. The van der Waals surface area contributed by atoms with Crippen LogP contribution in [0, 0.1) is 0 Å². The molecule has 0 aliphatic heterocycles. The summed E-state index contributed by atoms with van der Waals surface area (Å²) in [6, 6.07) is 7.22. The van der Waals surface area contributed by atoms with Gasteiger partial charge in [0.25, 0.3) is 10.1 Å². The Kier molecular flexibility index (Phi) is 9.49. The molecule has 1 aromatic rings. The molecule has 3 nitrogen and oxygen atoms in total. The van der Waals surface area contributed by atoms with Gasteiger partial charge in [-0.3, -0.25) is 4.18 Å². The van der Waals surface area contributed by atoms with Gasteiger partial charge in [-0.25, -0.2) is 0 Å². The molecule has 1 aromatic carbocycles. The van der Waals surface area contributed by atoms with E-state index in [4.69, 9.17) is 0 Å². The minimum atomic E-state index is -3.58. The van der Waals surface area contributed by atoms with Crippen LogP contribution >= 0.6 is 0 Å². The summed E-state index contributed by atoms with van der Waals surface area (Å²) in [7, 11) is -2.39. The van der Waals surface area contributed by atoms with Gasteiger partial charge >= 0.3 is 0 Å². The lowest BCUT2D eigenvalue weighted by molar-refractivity contribution is 0.397. The lowest BCUT2D eigenvalue weighted by Gasteiger charge is -2.17. The van der Waals surface area contributed by atoms with E-state index in [9.17, 15) is 8.42 Å². The molecule has 0 aliphatic rings. The monoisotopic (exact) mass is 340 g/mol. The van der Waals surface area contributed by atoms with Gasteiger partial charge in [0.2, 0.25) is 0 Å². The smallest absolute Gasteiger partial charge is 0.270 e. The van der Waals surface area contributed by atoms with Crippen molar-refractivity contribution in [3.8, 4) is 0 Å². The SMILES string of the molecule is CCCCCCCCC(CCC)c1ccc(S(=O)(=O)OC)cc1. The molecule has 4 heteroatoms. The van der Waals surface area contributed by atoms with E-state index in [1.54, 1.807) is 12.1 Å². The zero-order valence-corrected chi connectivity index (χ0v) is 15.7. The first-order chi connectivity index (χ1) is 11.0. The van der Waals surface area contributed by atoms with Crippen LogP contribution in [-0.2, 0) is 14.3 Å². The largest absolute Gasteiger partial charge is 0.296 e. The number of rotatable bonds is 12. The summed E-state index contributed by atoms with van der Waals surface area (Å²) in [5.74, 6) is 0.533. The highest BCUT2D eigenvalue weighted by Crippen LogP contribution is 2.28. The van der Waals surface area contributed by atoms with Gasteiger partial charge in [-0.1, -0.05) is 70.9 Å². The zero-order valence-electron chi connectivity index (χ0n) is 14.9. The van der Waals surface area contributed by atoms with E-state index in [0.29, 0.717) is 5.92 Å². The lowest BCUT2D eigenvalue weighted by atomic mass is 9.89. The predicted octanol–water partition coefficient (Wildman–Crippen LogP) is 5.66. The van der Waals surface area contributed by atoms with Crippen LogP contribution in [0.3, 0.4) is 0 Å².